The topological polar surface area (TPSA) is 50.2 Å². The Hall–Kier alpha value is -2.80. The third-order valence-electron chi connectivity index (χ3n) is 4.79. The molecule has 0 aliphatic carbocycles. The summed E-state index contributed by atoms with van der Waals surface area (Å²) in [5.74, 6) is 0.636. The maximum atomic E-state index is 13.3. The number of aryl methyl sites for hydroxylation is 1. The van der Waals surface area contributed by atoms with E-state index in [0.29, 0.717) is 17.3 Å². The van der Waals surface area contributed by atoms with E-state index >= 15 is 0 Å². The summed E-state index contributed by atoms with van der Waals surface area (Å²) in [4.78, 5) is 14.4. The van der Waals surface area contributed by atoms with Crippen LogP contribution in [0.2, 0.25) is 0 Å². The Morgan fingerprint density at radius 1 is 1.14 bits per heavy atom. The number of nitrogens with one attached hydrogen (secondary N) is 1. The number of nitrogens with zero attached hydrogens (tertiary/aromatic N) is 3. The van der Waals surface area contributed by atoms with Gasteiger partial charge in [-0.15, -0.1) is 11.8 Å². The molecule has 0 bridgehead atoms. The van der Waals surface area contributed by atoms with Gasteiger partial charge in [-0.3, -0.25) is 4.79 Å². The highest BCUT2D eigenvalue weighted by atomic mass is 32.2. The lowest BCUT2D eigenvalue weighted by Crippen LogP contribution is -2.15. The lowest BCUT2D eigenvalue weighted by Gasteiger charge is -2.18. The fourth-order valence-corrected chi connectivity index (χ4v) is 4.55. The minimum atomic E-state index is -0.308. The lowest BCUT2D eigenvalue weighted by atomic mass is 10.0. The van der Waals surface area contributed by atoms with Gasteiger partial charge in [0.15, 0.2) is 0 Å². The van der Waals surface area contributed by atoms with E-state index < -0.39 is 0 Å². The van der Waals surface area contributed by atoms with E-state index in [2.05, 4.69) is 39.6 Å². The van der Waals surface area contributed by atoms with E-state index in [1.54, 1.807) is 28.6 Å². The predicted octanol–water partition coefficient (Wildman–Crippen LogP) is 4.16. The summed E-state index contributed by atoms with van der Waals surface area (Å²) in [5, 5.41) is 7.63. The molecular weight excluding hydrogens is 375 g/mol. The van der Waals surface area contributed by atoms with Gasteiger partial charge in [-0.05, 0) is 48.9 Å². The quantitative estimate of drug-likeness (QED) is 0.722. The molecular formula is C21H21FN4OS. The third kappa shape index (κ3) is 3.38. The van der Waals surface area contributed by atoms with Crippen molar-refractivity contribution in [3.05, 3.63) is 71.2 Å². The van der Waals surface area contributed by atoms with Crippen LogP contribution in [0.1, 0.15) is 22.1 Å². The number of hydrogen-bond acceptors (Lipinski definition) is 4. The van der Waals surface area contributed by atoms with Crippen LogP contribution in [0.25, 0.3) is 5.69 Å². The fourth-order valence-electron chi connectivity index (χ4n) is 3.36. The molecule has 0 radical (unpaired) electrons. The maximum absolute atomic E-state index is 13.3. The summed E-state index contributed by atoms with van der Waals surface area (Å²) >= 11 is 1.59. The molecule has 0 fully saturated rings. The highest BCUT2D eigenvalue weighted by molar-refractivity contribution is 8.00. The number of benzene rings is 2. The van der Waals surface area contributed by atoms with Gasteiger partial charge in [0.2, 0.25) is 5.91 Å². The summed E-state index contributed by atoms with van der Waals surface area (Å²) in [7, 11) is 4.01. The van der Waals surface area contributed by atoms with Gasteiger partial charge in [-0.25, -0.2) is 9.07 Å². The Balaban J connectivity index is 1.82. The highest BCUT2D eigenvalue weighted by Crippen LogP contribution is 2.44. The van der Waals surface area contributed by atoms with E-state index in [-0.39, 0.29) is 17.0 Å². The summed E-state index contributed by atoms with van der Waals surface area (Å²) < 4.78 is 15.0. The number of carbonyl (C=O) groups is 1. The van der Waals surface area contributed by atoms with Gasteiger partial charge in [-0.1, -0.05) is 12.1 Å². The third-order valence-corrected chi connectivity index (χ3v) is 6.06. The molecule has 5 nitrogen and oxygen atoms in total. The lowest BCUT2D eigenvalue weighted by molar-refractivity contribution is -0.113. The Morgan fingerprint density at radius 3 is 2.46 bits per heavy atom. The zero-order valence-electron chi connectivity index (χ0n) is 15.9. The number of amides is 1. The summed E-state index contributed by atoms with van der Waals surface area (Å²) in [6.45, 7) is 1.94. The van der Waals surface area contributed by atoms with Crippen LogP contribution in [-0.4, -0.2) is 35.5 Å². The van der Waals surface area contributed by atoms with Gasteiger partial charge < -0.3 is 10.2 Å². The van der Waals surface area contributed by atoms with Gasteiger partial charge >= 0.3 is 0 Å². The normalized spacial score (nSPS) is 16.3. The number of rotatable bonds is 3. The van der Waals surface area contributed by atoms with E-state index in [9.17, 15) is 9.18 Å². The maximum Gasteiger partial charge on any atom is 0.235 e. The van der Waals surface area contributed by atoms with Gasteiger partial charge in [0.25, 0.3) is 0 Å². The average molecular weight is 396 g/mol. The molecule has 1 atom stereocenters. The predicted molar refractivity (Wildman–Crippen MR) is 112 cm³/mol. The molecule has 4 rings (SSSR count). The highest BCUT2D eigenvalue weighted by Gasteiger charge is 2.30. The fraction of sp³-hybridized carbons (Fsp3) is 0.238. The second kappa shape index (κ2) is 7.31. The van der Waals surface area contributed by atoms with Gasteiger partial charge in [0, 0.05) is 25.3 Å². The van der Waals surface area contributed by atoms with E-state index in [0.717, 1.165) is 22.5 Å². The van der Waals surface area contributed by atoms with E-state index in [1.807, 2.05) is 21.0 Å². The molecule has 7 heteroatoms. The van der Waals surface area contributed by atoms with Gasteiger partial charge in [-0.2, -0.15) is 5.10 Å². The molecule has 3 aromatic rings. The Morgan fingerprint density at radius 2 is 1.82 bits per heavy atom. The molecule has 0 saturated heterocycles. The van der Waals surface area contributed by atoms with Crippen LogP contribution in [0, 0.1) is 12.7 Å². The zero-order chi connectivity index (χ0) is 19.8. The second-order valence-corrected chi connectivity index (χ2v) is 8.05. The van der Waals surface area contributed by atoms with Crippen LogP contribution >= 0.6 is 11.8 Å². The molecule has 1 amide bonds. The second-order valence-electron chi connectivity index (χ2n) is 6.96. The van der Waals surface area contributed by atoms with Crippen molar-refractivity contribution in [2.75, 3.05) is 30.1 Å². The van der Waals surface area contributed by atoms with Crippen LogP contribution in [0.4, 0.5) is 15.9 Å². The molecule has 28 heavy (non-hydrogen) atoms. The van der Waals surface area contributed by atoms with Crippen molar-refractivity contribution in [3.63, 3.8) is 0 Å². The van der Waals surface area contributed by atoms with Crippen LogP contribution in [0.3, 0.4) is 0 Å². The molecule has 1 aliphatic rings. The number of anilines is 2. The molecule has 144 valence electrons. The van der Waals surface area contributed by atoms with Gasteiger partial charge in [0.05, 0.1) is 22.4 Å². The molecule has 1 aliphatic heterocycles. The molecule has 0 unspecified atom stereocenters. The number of thioether (sulfide) groups is 1. The molecule has 1 N–H and O–H groups in total. The van der Waals surface area contributed by atoms with Crippen LogP contribution in [0.15, 0.2) is 48.5 Å². The Labute approximate surface area is 167 Å². The molecule has 1 aromatic heterocycles. The average Bonchev–Trinajstić information content (AvgIpc) is 2.88. The number of carbonyl (C=O) groups excluding carboxylic acids is 1. The summed E-state index contributed by atoms with van der Waals surface area (Å²) in [6, 6.07) is 14.5. The van der Waals surface area contributed by atoms with Crippen LogP contribution in [0.5, 0.6) is 0 Å². The summed E-state index contributed by atoms with van der Waals surface area (Å²) in [6.07, 6.45) is 0. The number of fused-ring (bicyclic) bond motifs is 1. The van der Waals surface area contributed by atoms with Crippen LogP contribution < -0.4 is 10.2 Å². The number of halogens is 1. The molecule has 2 heterocycles. The first kappa shape index (κ1) is 18.6. The number of hydrogen-bond donors (Lipinski definition) is 1. The SMILES string of the molecule is Cc1nn(-c2ccc(F)cc2)c2c1[C@H](c1ccc(N(C)C)cc1)SCC(=O)N2. The zero-order valence-corrected chi connectivity index (χ0v) is 16.8. The van der Waals surface area contributed by atoms with Crippen molar-refractivity contribution in [2.45, 2.75) is 12.2 Å². The van der Waals surface area contributed by atoms with Crippen molar-refractivity contribution in [1.29, 1.82) is 0 Å². The first-order valence-corrected chi connectivity index (χ1v) is 10.0. The number of aromatic nitrogens is 2. The summed E-state index contributed by atoms with van der Waals surface area (Å²) in [5.41, 5.74) is 4.78. The minimum Gasteiger partial charge on any atom is -0.378 e. The smallest absolute Gasteiger partial charge is 0.235 e. The molecule has 0 saturated carbocycles. The van der Waals surface area contributed by atoms with Crippen molar-refractivity contribution in [1.82, 2.24) is 9.78 Å². The van der Waals surface area contributed by atoms with E-state index in [1.165, 1.54) is 12.1 Å². The molecule has 2 aromatic carbocycles. The Bertz CT molecular complexity index is 1010. The van der Waals surface area contributed by atoms with Crippen molar-refractivity contribution >= 4 is 29.2 Å². The minimum absolute atomic E-state index is 0.0145. The van der Waals surface area contributed by atoms with Crippen molar-refractivity contribution in [2.24, 2.45) is 0 Å². The monoisotopic (exact) mass is 396 g/mol. The first-order valence-electron chi connectivity index (χ1n) is 8.98. The first-order chi connectivity index (χ1) is 13.4. The Kier molecular flexibility index (Phi) is 4.85. The largest absolute Gasteiger partial charge is 0.378 e. The van der Waals surface area contributed by atoms with Crippen molar-refractivity contribution in [3.8, 4) is 5.69 Å². The van der Waals surface area contributed by atoms with Crippen molar-refractivity contribution < 1.29 is 9.18 Å². The van der Waals surface area contributed by atoms with E-state index in [4.69, 9.17) is 0 Å². The molecule has 0 spiro atoms. The van der Waals surface area contributed by atoms with Crippen LogP contribution in [-0.2, 0) is 4.79 Å². The standard InChI is InChI=1S/C21H21FN4OS/c1-13-19-20(14-4-8-16(9-5-14)25(2)3)28-12-18(27)23-21(19)26(24-13)17-10-6-15(22)7-11-17/h4-11,20H,12H2,1-3H3,(H,23,27)/t20-/m0/s1. The van der Waals surface area contributed by atoms with Gasteiger partial charge in [0.1, 0.15) is 11.6 Å².